The molecule has 0 aromatic heterocycles. The summed E-state index contributed by atoms with van der Waals surface area (Å²) >= 11 is 0. The van der Waals surface area contributed by atoms with Crippen molar-refractivity contribution in [2.75, 3.05) is 33.7 Å². The van der Waals surface area contributed by atoms with E-state index in [-0.39, 0.29) is 0 Å². The summed E-state index contributed by atoms with van der Waals surface area (Å²) in [7, 11) is 0.121. The molecule has 0 heterocycles. The average molecular weight is 297 g/mol. The van der Waals surface area contributed by atoms with Crippen LogP contribution >= 0.6 is 0 Å². The summed E-state index contributed by atoms with van der Waals surface area (Å²) < 4.78 is 28.2. The van der Waals surface area contributed by atoms with Crippen LogP contribution in [-0.2, 0) is 16.6 Å². The second-order valence-corrected chi connectivity index (χ2v) is 7.09. The van der Waals surface area contributed by atoms with Crippen molar-refractivity contribution < 1.29 is 8.42 Å². The summed E-state index contributed by atoms with van der Waals surface area (Å²) in [4.78, 5) is 0. The highest BCUT2D eigenvalue weighted by molar-refractivity contribution is 7.87. The van der Waals surface area contributed by atoms with E-state index in [1.54, 1.807) is 7.05 Å². The van der Waals surface area contributed by atoms with Crippen LogP contribution < -0.4 is 10.0 Å². The van der Waals surface area contributed by atoms with Crippen LogP contribution in [0.1, 0.15) is 23.5 Å². The SMILES string of the molecule is CNCCCN(C)S(=O)(=O)NCC1Cc2ccccc21. The Morgan fingerprint density at radius 2 is 2.10 bits per heavy atom. The molecule has 20 heavy (non-hydrogen) atoms. The fourth-order valence-corrected chi connectivity index (χ4v) is 3.46. The maximum atomic E-state index is 12.1. The molecule has 2 rings (SSSR count). The van der Waals surface area contributed by atoms with Crippen LogP contribution in [0.4, 0.5) is 0 Å². The van der Waals surface area contributed by atoms with Crippen LogP contribution in [0.2, 0.25) is 0 Å². The van der Waals surface area contributed by atoms with Gasteiger partial charge in [0, 0.05) is 26.1 Å². The Bertz CT molecular complexity index is 545. The molecule has 1 aliphatic carbocycles. The van der Waals surface area contributed by atoms with Gasteiger partial charge in [0.25, 0.3) is 10.2 Å². The van der Waals surface area contributed by atoms with Gasteiger partial charge in [0.2, 0.25) is 0 Å². The van der Waals surface area contributed by atoms with Crippen molar-refractivity contribution in [3.63, 3.8) is 0 Å². The molecule has 112 valence electrons. The lowest BCUT2D eigenvalue weighted by atomic mass is 9.78. The molecule has 2 N–H and O–H groups in total. The summed E-state index contributed by atoms with van der Waals surface area (Å²) in [5, 5.41) is 3.01. The van der Waals surface area contributed by atoms with Gasteiger partial charge >= 0.3 is 0 Å². The Hall–Kier alpha value is -0.950. The van der Waals surface area contributed by atoms with E-state index in [9.17, 15) is 8.42 Å². The van der Waals surface area contributed by atoms with E-state index in [4.69, 9.17) is 0 Å². The molecule has 1 aliphatic rings. The van der Waals surface area contributed by atoms with E-state index >= 15 is 0 Å². The van der Waals surface area contributed by atoms with Crippen LogP contribution in [-0.4, -0.2) is 46.5 Å². The lowest BCUT2D eigenvalue weighted by molar-refractivity contribution is 0.442. The van der Waals surface area contributed by atoms with Gasteiger partial charge in [-0.25, -0.2) is 4.72 Å². The van der Waals surface area contributed by atoms with E-state index in [1.165, 1.54) is 15.4 Å². The number of nitrogens with zero attached hydrogens (tertiary/aromatic N) is 1. The predicted molar refractivity (Wildman–Crippen MR) is 81.0 cm³/mol. The van der Waals surface area contributed by atoms with Crippen LogP contribution in [0.15, 0.2) is 24.3 Å². The minimum Gasteiger partial charge on any atom is -0.320 e. The lowest BCUT2D eigenvalue weighted by Gasteiger charge is -2.30. The van der Waals surface area contributed by atoms with Crippen LogP contribution in [0, 0.1) is 0 Å². The van der Waals surface area contributed by atoms with Crippen LogP contribution in [0.25, 0.3) is 0 Å². The minimum atomic E-state index is -3.36. The van der Waals surface area contributed by atoms with Gasteiger partial charge in [-0.3, -0.25) is 0 Å². The third-order valence-corrected chi connectivity index (χ3v) is 5.32. The second-order valence-electron chi connectivity index (χ2n) is 5.23. The Morgan fingerprint density at radius 3 is 2.80 bits per heavy atom. The predicted octanol–water partition coefficient (Wildman–Crippen LogP) is 0.702. The number of nitrogens with one attached hydrogen (secondary N) is 2. The van der Waals surface area contributed by atoms with Gasteiger partial charge in [0.15, 0.2) is 0 Å². The molecule has 0 aliphatic heterocycles. The van der Waals surface area contributed by atoms with Crippen molar-refractivity contribution in [1.82, 2.24) is 14.3 Å². The normalized spacial score (nSPS) is 17.9. The largest absolute Gasteiger partial charge is 0.320 e. The summed E-state index contributed by atoms with van der Waals surface area (Å²) in [6.07, 6.45) is 1.77. The highest BCUT2D eigenvalue weighted by Crippen LogP contribution is 2.34. The molecule has 1 aromatic rings. The monoisotopic (exact) mass is 297 g/mol. The Labute approximate surface area is 121 Å². The van der Waals surface area contributed by atoms with Crippen molar-refractivity contribution in [2.24, 2.45) is 0 Å². The number of fused-ring (bicyclic) bond motifs is 1. The average Bonchev–Trinajstić information content (AvgIpc) is 2.40. The first-order valence-corrected chi connectivity index (χ1v) is 8.42. The van der Waals surface area contributed by atoms with E-state index in [0.29, 0.717) is 19.0 Å². The van der Waals surface area contributed by atoms with Crippen molar-refractivity contribution in [1.29, 1.82) is 0 Å². The molecule has 1 unspecified atom stereocenters. The molecule has 1 aromatic carbocycles. The van der Waals surface area contributed by atoms with Crippen molar-refractivity contribution in [3.05, 3.63) is 35.4 Å². The Kier molecular flexibility index (Phi) is 5.15. The topological polar surface area (TPSA) is 61.4 Å². The van der Waals surface area contributed by atoms with Gasteiger partial charge in [-0.15, -0.1) is 0 Å². The summed E-state index contributed by atoms with van der Waals surface area (Å²) in [6.45, 7) is 1.82. The zero-order valence-electron chi connectivity index (χ0n) is 12.1. The third kappa shape index (κ3) is 3.58. The fourth-order valence-electron chi connectivity index (χ4n) is 2.46. The number of hydrogen-bond donors (Lipinski definition) is 2. The molecule has 6 heteroatoms. The molecule has 0 saturated carbocycles. The quantitative estimate of drug-likeness (QED) is 0.695. The molecular formula is C14H23N3O2S. The van der Waals surface area contributed by atoms with Gasteiger partial charge in [0.05, 0.1) is 0 Å². The summed E-state index contributed by atoms with van der Waals surface area (Å²) in [6, 6.07) is 8.21. The van der Waals surface area contributed by atoms with Crippen LogP contribution in [0.5, 0.6) is 0 Å². The maximum absolute atomic E-state index is 12.1. The zero-order valence-corrected chi connectivity index (χ0v) is 12.9. The molecule has 0 amide bonds. The fraction of sp³-hybridized carbons (Fsp3) is 0.571. The lowest BCUT2D eigenvalue weighted by Crippen LogP contribution is -2.42. The molecule has 0 bridgehead atoms. The first-order valence-electron chi connectivity index (χ1n) is 6.98. The molecule has 0 radical (unpaired) electrons. The highest BCUT2D eigenvalue weighted by atomic mass is 32.2. The molecule has 0 saturated heterocycles. The van der Waals surface area contributed by atoms with E-state index in [2.05, 4.69) is 22.2 Å². The maximum Gasteiger partial charge on any atom is 0.279 e. The standard InChI is InChI=1S/C14H23N3O2S/c1-15-8-5-9-17(2)20(18,19)16-11-13-10-12-6-3-4-7-14(12)13/h3-4,6-7,13,15-16H,5,8-11H2,1-2H3. The Morgan fingerprint density at radius 1 is 1.35 bits per heavy atom. The van der Waals surface area contributed by atoms with E-state index in [0.717, 1.165) is 19.4 Å². The van der Waals surface area contributed by atoms with E-state index in [1.807, 2.05) is 19.2 Å². The molecule has 1 atom stereocenters. The third-order valence-electron chi connectivity index (χ3n) is 3.78. The van der Waals surface area contributed by atoms with Gasteiger partial charge in [-0.05, 0) is 37.6 Å². The van der Waals surface area contributed by atoms with Crippen molar-refractivity contribution in [3.8, 4) is 0 Å². The summed E-state index contributed by atoms with van der Waals surface area (Å²) in [5.41, 5.74) is 2.60. The minimum absolute atomic E-state index is 0.312. The van der Waals surface area contributed by atoms with Crippen molar-refractivity contribution >= 4 is 10.2 Å². The van der Waals surface area contributed by atoms with Gasteiger partial charge in [0.1, 0.15) is 0 Å². The first-order chi connectivity index (χ1) is 9.54. The van der Waals surface area contributed by atoms with E-state index < -0.39 is 10.2 Å². The van der Waals surface area contributed by atoms with Crippen LogP contribution in [0.3, 0.4) is 0 Å². The molecule has 5 nitrogen and oxygen atoms in total. The smallest absolute Gasteiger partial charge is 0.279 e. The van der Waals surface area contributed by atoms with Gasteiger partial charge < -0.3 is 5.32 Å². The molecular weight excluding hydrogens is 274 g/mol. The second kappa shape index (κ2) is 6.67. The number of hydrogen-bond acceptors (Lipinski definition) is 3. The molecule has 0 spiro atoms. The van der Waals surface area contributed by atoms with Crippen molar-refractivity contribution in [2.45, 2.75) is 18.8 Å². The zero-order chi connectivity index (χ0) is 14.6. The summed E-state index contributed by atoms with van der Waals surface area (Å²) in [5.74, 6) is 0.312. The number of benzene rings is 1. The first kappa shape index (κ1) is 15.4. The van der Waals surface area contributed by atoms with Gasteiger partial charge in [-0.1, -0.05) is 24.3 Å². The number of rotatable bonds is 8. The highest BCUT2D eigenvalue weighted by Gasteiger charge is 2.27. The molecule has 0 fully saturated rings. The van der Waals surface area contributed by atoms with Gasteiger partial charge in [-0.2, -0.15) is 12.7 Å². The Balaban J connectivity index is 1.82.